The highest BCUT2D eigenvalue weighted by Crippen LogP contribution is 2.23. The van der Waals surface area contributed by atoms with Crippen molar-refractivity contribution in [1.29, 1.82) is 0 Å². The normalized spacial score (nSPS) is 10.9. The first-order chi connectivity index (χ1) is 13.6. The van der Waals surface area contributed by atoms with Gasteiger partial charge < -0.3 is 9.73 Å². The van der Waals surface area contributed by atoms with Gasteiger partial charge in [0.1, 0.15) is 5.76 Å². The molecule has 0 radical (unpaired) electrons. The summed E-state index contributed by atoms with van der Waals surface area (Å²) in [5.41, 5.74) is 0.936. The molecule has 9 heteroatoms. The van der Waals surface area contributed by atoms with Crippen LogP contribution in [0, 0.1) is 0 Å². The fourth-order valence-electron chi connectivity index (χ4n) is 2.67. The van der Waals surface area contributed by atoms with Gasteiger partial charge in [0.15, 0.2) is 11.6 Å². The Kier molecular flexibility index (Phi) is 5.31. The molecular formula is C19H15BrClN5O2. The predicted molar refractivity (Wildman–Crippen MR) is 108 cm³/mol. The maximum atomic E-state index is 12.5. The van der Waals surface area contributed by atoms with Gasteiger partial charge in [0.25, 0.3) is 5.91 Å². The van der Waals surface area contributed by atoms with Crippen LogP contribution in [0.4, 0.5) is 5.82 Å². The summed E-state index contributed by atoms with van der Waals surface area (Å²) in [5.74, 6) is 0.865. The zero-order chi connectivity index (χ0) is 19.5. The van der Waals surface area contributed by atoms with Gasteiger partial charge in [-0.1, -0.05) is 29.8 Å². The van der Waals surface area contributed by atoms with Crippen LogP contribution in [-0.4, -0.2) is 25.5 Å². The number of nitrogens with zero attached hydrogens (tertiary/aromatic N) is 4. The zero-order valence-electron chi connectivity index (χ0n) is 14.5. The highest BCUT2D eigenvalue weighted by Gasteiger charge is 2.16. The number of benzene rings is 1. The van der Waals surface area contributed by atoms with E-state index in [1.807, 2.05) is 36.5 Å². The maximum Gasteiger partial charge on any atom is 0.292 e. The van der Waals surface area contributed by atoms with Crippen molar-refractivity contribution >= 4 is 39.3 Å². The largest absolute Gasteiger partial charge is 0.454 e. The Balaban J connectivity index is 1.44. The average molecular weight is 461 g/mol. The topological polar surface area (TPSA) is 77.9 Å². The number of hydrogen-bond acceptors (Lipinski definition) is 4. The van der Waals surface area contributed by atoms with E-state index in [2.05, 4.69) is 31.4 Å². The molecule has 0 aliphatic rings. The predicted octanol–water partition coefficient (Wildman–Crippen LogP) is 4.44. The number of halogens is 2. The molecule has 28 heavy (non-hydrogen) atoms. The molecule has 1 aromatic carbocycles. The lowest BCUT2D eigenvalue weighted by Gasteiger charge is -2.04. The van der Waals surface area contributed by atoms with E-state index in [1.54, 1.807) is 33.9 Å². The third-order valence-corrected chi connectivity index (χ3v) is 4.95. The molecule has 0 atom stereocenters. The third kappa shape index (κ3) is 4.18. The number of carbonyl (C=O) groups excluding carboxylic acids is 1. The monoisotopic (exact) mass is 459 g/mol. The Morgan fingerprint density at radius 1 is 1.14 bits per heavy atom. The first kappa shape index (κ1) is 18.5. The van der Waals surface area contributed by atoms with Crippen LogP contribution in [0.25, 0.3) is 0 Å². The summed E-state index contributed by atoms with van der Waals surface area (Å²) < 4.78 is 9.69. The molecule has 0 saturated heterocycles. The van der Waals surface area contributed by atoms with Gasteiger partial charge in [0.05, 0.1) is 17.6 Å². The van der Waals surface area contributed by atoms with E-state index in [4.69, 9.17) is 16.0 Å². The molecular weight excluding hydrogens is 446 g/mol. The molecule has 0 bridgehead atoms. The van der Waals surface area contributed by atoms with E-state index in [0.717, 1.165) is 5.56 Å². The Morgan fingerprint density at radius 3 is 2.79 bits per heavy atom. The summed E-state index contributed by atoms with van der Waals surface area (Å²) in [6, 6.07) is 12.8. The lowest BCUT2D eigenvalue weighted by atomic mass is 10.2. The van der Waals surface area contributed by atoms with Crippen molar-refractivity contribution in [3.05, 3.63) is 87.6 Å². The van der Waals surface area contributed by atoms with Crippen LogP contribution in [0.5, 0.6) is 0 Å². The van der Waals surface area contributed by atoms with Crippen molar-refractivity contribution in [2.45, 2.75) is 13.1 Å². The molecule has 3 aromatic heterocycles. The molecule has 4 aromatic rings. The highest BCUT2D eigenvalue weighted by molar-refractivity contribution is 9.10. The standard InChI is InChI=1S/C19H15BrClN5O2/c20-15-12-26(10-13-4-1-2-5-16(13)21)24-18(15)23-19(27)17-7-6-14(28-17)11-25-9-3-8-22-25/h1-9,12H,10-11H2,(H,23,24,27). The van der Waals surface area contributed by atoms with E-state index in [1.165, 1.54) is 0 Å². The Labute approximate surface area is 174 Å². The number of carbonyl (C=O) groups is 1. The minimum atomic E-state index is -0.379. The second kappa shape index (κ2) is 8.04. The van der Waals surface area contributed by atoms with Crippen LogP contribution in [-0.2, 0) is 13.1 Å². The van der Waals surface area contributed by atoms with Crippen LogP contribution in [0.1, 0.15) is 21.9 Å². The summed E-state index contributed by atoms with van der Waals surface area (Å²) in [7, 11) is 0. The summed E-state index contributed by atoms with van der Waals surface area (Å²) in [5, 5.41) is 11.9. The van der Waals surface area contributed by atoms with E-state index in [0.29, 0.717) is 34.2 Å². The van der Waals surface area contributed by atoms with Crippen molar-refractivity contribution in [3.63, 3.8) is 0 Å². The number of hydrogen-bond donors (Lipinski definition) is 1. The Bertz CT molecular complexity index is 1100. The minimum absolute atomic E-state index is 0.203. The van der Waals surface area contributed by atoms with Gasteiger partial charge in [0, 0.05) is 23.6 Å². The van der Waals surface area contributed by atoms with E-state index in [9.17, 15) is 4.79 Å². The summed E-state index contributed by atoms with van der Waals surface area (Å²) in [6.45, 7) is 0.944. The van der Waals surface area contributed by atoms with Crippen molar-refractivity contribution in [1.82, 2.24) is 19.6 Å². The average Bonchev–Trinajstić information content (AvgIpc) is 3.41. The molecule has 4 rings (SSSR count). The van der Waals surface area contributed by atoms with Crippen LogP contribution >= 0.6 is 27.5 Å². The van der Waals surface area contributed by atoms with E-state index < -0.39 is 0 Å². The number of nitrogens with one attached hydrogen (secondary N) is 1. The molecule has 0 spiro atoms. The van der Waals surface area contributed by atoms with Crippen molar-refractivity contribution in [3.8, 4) is 0 Å². The van der Waals surface area contributed by atoms with Gasteiger partial charge >= 0.3 is 0 Å². The number of anilines is 1. The molecule has 7 nitrogen and oxygen atoms in total. The van der Waals surface area contributed by atoms with Gasteiger partial charge in [-0.05, 0) is 45.8 Å². The smallest absolute Gasteiger partial charge is 0.292 e. The minimum Gasteiger partial charge on any atom is -0.454 e. The number of aromatic nitrogens is 4. The quantitative estimate of drug-likeness (QED) is 0.461. The molecule has 3 heterocycles. The van der Waals surface area contributed by atoms with Gasteiger partial charge in [0.2, 0.25) is 0 Å². The molecule has 1 amide bonds. The first-order valence-corrected chi connectivity index (χ1v) is 9.59. The van der Waals surface area contributed by atoms with Gasteiger partial charge in [-0.3, -0.25) is 14.2 Å². The number of amides is 1. The van der Waals surface area contributed by atoms with Crippen LogP contribution in [0.15, 0.2) is 69.9 Å². The Hall–Kier alpha value is -2.84. The zero-order valence-corrected chi connectivity index (χ0v) is 16.9. The van der Waals surface area contributed by atoms with Crippen molar-refractivity contribution < 1.29 is 9.21 Å². The van der Waals surface area contributed by atoms with Gasteiger partial charge in [-0.25, -0.2) is 0 Å². The molecule has 0 aliphatic heterocycles. The second-order valence-corrected chi connectivity index (χ2v) is 7.30. The molecule has 1 N–H and O–H groups in total. The number of rotatable bonds is 6. The fourth-order valence-corrected chi connectivity index (χ4v) is 3.28. The number of furan rings is 1. The summed E-state index contributed by atoms with van der Waals surface area (Å²) >= 11 is 9.62. The van der Waals surface area contributed by atoms with E-state index in [-0.39, 0.29) is 11.7 Å². The summed E-state index contributed by atoms with van der Waals surface area (Å²) in [4.78, 5) is 12.5. The van der Waals surface area contributed by atoms with E-state index >= 15 is 0 Å². The first-order valence-electron chi connectivity index (χ1n) is 8.42. The highest BCUT2D eigenvalue weighted by atomic mass is 79.9. The molecule has 0 fully saturated rings. The van der Waals surface area contributed by atoms with Gasteiger partial charge in [-0.15, -0.1) is 0 Å². The molecule has 0 unspecified atom stereocenters. The Morgan fingerprint density at radius 2 is 2.00 bits per heavy atom. The maximum absolute atomic E-state index is 12.5. The molecule has 0 saturated carbocycles. The lowest BCUT2D eigenvalue weighted by Crippen LogP contribution is -2.12. The van der Waals surface area contributed by atoms with Crippen LogP contribution in [0.2, 0.25) is 5.02 Å². The van der Waals surface area contributed by atoms with Crippen LogP contribution in [0.3, 0.4) is 0 Å². The fraction of sp³-hybridized carbons (Fsp3) is 0.105. The SMILES string of the molecule is O=C(Nc1nn(Cc2ccccc2Cl)cc1Br)c1ccc(Cn2cccn2)o1. The molecule has 0 aliphatic carbocycles. The van der Waals surface area contributed by atoms with Crippen molar-refractivity contribution in [2.75, 3.05) is 5.32 Å². The van der Waals surface area contributed by atoms with Gasteiger partial charge in [-0.2, -0.15) is 10.2 Å². The van der Waals surface area contributed by atoms with Crippen LogP contribution < -0.4 is 5.32 Å². The third-order valence-electron chi connectivity index (χ3n) is 4.00. The molecule has 142 valence electrons. The lowest BCUT2D eigenvalue weighted by molar-refractivity contribution is 0.0994. The summed E-state index contributed by atoms with van der Waals surface area (Å²) in [6.07, 6.45) is 5.29. The van der Waals surface area contributed by atoms with Crippen molar-refractivity contribution in [2.24, 2.45) is 0 Å². The second-order valence-electron chi connectivity index (χ2n) is 6.04.